The third kappa shape index (κ3) is 9.30. The van der Waals surface area contributed by atoms with E-state index in [0.29, 0.717) is 24.1 Å². The van der Waals surface area contributed by atoms with Crippen LogP contribution in [0.1, 0.15) is 61.3 Å². The number of carbonyl (C=O) groups excluding carboxylic acids is 2. The number of rotatable bonds is 16. The number of nitrogens with one attached hydrogen (secondary N) is 1. The fourth-order valence-electron chi connectivity index (χ4n) is 3.38. The van der Waals surface area contributed by atoms with Crippen LogP contribution in [0.15, 0.2) is 12.7 Å². The van der Waals surface area contributed by atoms with E-state index in [-0.39, 0.29) is 43.9 Å². The number of anilines is 1. The Morgan fingerprint density at radius 2 is 1.87 bits per heavy atom. The molecule has 38 heavy (non-hydrogen) atoms. The number of nitrogens with zero attached hydrogens (tertiary/aromatic N) is 4. The quantitative estimate of drug-likeness (QED) is 0.229. The van der Waals surface area contributed by atoms with E-state index in [2.05, 4.69) is 20.0 Å². The molecule has 2 heterocycles. The summed E-state index contributed by atoms with van der Waals surface area (Å²) in [6.45, 7) is 12.6. The predicted molar refractivity (Wildman–Crippen MR) is 142 cm³/mol. The molecule has 0 aliphatic rings. The Balaban J connectivity index is 2.09. The van der Waals surface area contributed by atoms with Gasteiger partial charge >= 0.3 is 11.9 Å². The van der Waals surface area contributed by atoms with Crippen molar-refractivity contribution in [2.24, 2.45) is 5.92 Å². The fourth-order valence-corrected chi connectivity index (χ4v) is 5.38. The Bertz CT molecular complexity index is 1120. The molecule has 0 aliphatic heterocycles. The van der Waals surface area contributed by atoms with Gasteiger partial charge in [0.05, 0.1) is 44.2 Å². The minimum atomic E-state index is -3.74. The molecule has 3 atom stereocenters. The van der Waals surface area contributed by atoms with E-state index >= 15 is 0 Å². The molecule has 0 aliphatic carbocycles. The molecule has 2 aromatic heterocycles. The molecule has 0 spiro atoms. The third-order valence-corrected chi connectivity index (χ3v) is 7.40. The van der Waals surface area contributed by atoms with Gasteiger partial charge in [0.15, 0.2) is 11.5 Å². The van der Waals surface area contributed by atoms with Crippen molar-refractivity contribution < 1.29 is 32.9 Å². The van der Waals surface area contributed by atoms with E-state index in [1.54, 1.807) is 52.4 Å². The van der Waals surface area contributed by atoms with E-state index in [9.17, 15) is 14.2 Å². The van der Waals surface area contributed by atoms with Crippen LogP contribution in [0.4, 0.5) is 5.82 Å². The maximum absolute atomic E-state index is 13.9. The summed E-state index contributed by atoms with van der Waals surface area (Å²) in [6.07, 6.45) is 2.86. The molecule has 14 heteroatoms. The molecule has 0 amide bonds. The van der Waals surface area contributed by atoms with E-state index < -0.39 is 31.0 Å². The first kappa shape index (κ1) is 31.6. The van der Waals surface area contributed by atoms with Gasteiger partial charge in [-0.15, -0.1) is 0 Å². The molecule has 214 valence electrons. The molecular formula is C24H41N6O7P. The second-order valence-corrected chi connectivity index (χ2v) is 12.1. The van der Waals surface area contributed by atoms with E-state index in [1.165, 1.54) is 6.33 Å². The van der Waals surface area contributed by atoms with Gasteiger partial charge in [-0.3, -0.25) is 14.2 Å². The zero-order valence-corrected chi connectivity index (χ0v) is 24.2. The number of nitrogens with two attached hydrogens (primary N) is 1. The first-order chi connectivity index (χ1) is 17.8. The van der Waals surface area contributed by atoms with Crippen molar-refractivity contribution in [3.63, 3.8) is 0 Å². The zero-order valence-electron chi connectivity index (χ0n) is 23.3. The molecule has 2 rings (SSSR count). The molecule has 0 saturated carbocycles. The summed E-state index contributed by atoms with van der Waals surface area (Å²) < 4.78 is 37.8. The standard InChI is InChI=1S/C24H41N6O7P/c1-8-10-34-23(32)24(6,7)29-38(33,36-11-9-17(4)22(31)37-16(2)3)15-35-18(5)12-30-14-28-19-20(25)26-13-27-21(19)30/h13-14,16-18H,8-12,15H2,1-7H3,(H,29,33)(H2,25,26,27)/t17-,18+,38+/m0/s1. The van der Waals surface area contributed by atoms with E-state index in [4.69, 9.17) is 24.5 Å². The Kier molecular flexibility index (Phi) is 11.6. The lowest BCUT2D eigenvalue weighted by Crippen LogP contribution is -2.47. The highest BCUT2D eigenvalue weighted by Gasteiger charge is 2.38. The Hall–Kier alpha value is -2.60. The number of hydrogen-bond donors (Lipinski definition) is 2. The first-order valence-electron chi connectivity index (χ1n) is 12.7. The molecule has 0 aromatic carbocycles. The van der Waals surface area contributed by atoms with Gasteiger partial charge in [-0.05, 0) is 47.5 Å². The molecule has 0 unspecified atom stereocenters. The lowest BCUT2D eigenvalue weighted by Gasteiger charge is -2.30. The van der Waals surface area contributed by atoms with Crippen molar-refractivity contribution in [1.29, 1.82) is 0 Å². The summed E-state index contributed by atoms with van der Waals surface area (Å²) in [4.78, 5) is 37.1. The van der Waals surface area contributed by atoms with Gasteiger partial charge in [0.1, 0.15) is 23.7 Å². The highest BCUT2D eigenvalue weighted by Crippen LogP contribution is 2.45. The largest absolute Gasteiger partial charge is 0.464 e. The van der Waals surface area contributed by atoms with Crippen LogP contribution in [0.3, 0.4) is 0 Å². The van der Waals surface area contributed by atoms with Gasteiger partial charge in [-0.25, -0.2) is 20.0 Å². The maximum Gasteiger partial charge on any atom is 0.326 e. The van der Waals surface area contributed by atoms with Crippen LogP contribution in [-0.2, 0) is 39.4 Å². The maximum atomic E-state index is 13.9. The van der Waals surface area contributed by atoms with Crippen LogP contribution < -0.4 is 10.8 Å². The highest BCUT2D eigenvalue weighted by molar-refractivity contribution is 7.56. The summed E-state index contributed by atoms with van der Waals surface area (Å²) in [5.74, 6) is -1.12. The van der Waals surface area contributed by atoms with Crippen LogP contribution in [0.25, 0.3) is 11.2 Å². The van der Waals surface area contributed by atoms with Crippen LogP contribution in [0.2, 0.25) is 0 Å². The second kappa shape index (κ2) is 14.0. The van der Waals surface area contributed by atoms with Crippen LogP contribution >= 0.6 is 7.52 Å². The zero-order chi connectivity index (χ0) is 28.5. The molecule has 2 aromatic rings. The van der Waals surface area contributed by atoms with Gasteiger partial charge in [-0.1, -0.05) is 13.8 Å². The topological polar surface area (TPSA) is 170 Å². The van der Waals surface area contributed by atoms with E-state index in [0.717, 1.165) is 0 Å². The van der Waals surface area contributed by atoms with Gasteiger partial charge in [0.25, 0.3) is 7.52 Å². The number of esters is 2. The molecular weight excluding hydrogens is 515 g/mol. The normalized spacial score (nSPS) is 15.3. The lowest BCUT2D eigenvalue weighted by molar-refractivity contribution is -0.152. The van der Waals surface area contributed by atoms with Gasteiger partial charge in [-0.2, -0.15) is 0 Å². The Labute approximate surface area is 223 Å². The number of carbonyl (C=O) groups is 2. The Morgan fingerprint density at radius 3 is 2.53 bits per heavy atom. The molecule has 0 fully saturated rings. The van der Waals surface area contributed by atoms with Crippen LogP contribution in [0.5, 0.6) is 0 Å². The monoisotopic (exact) mass is 556 g/mol. The SMILES string of the molecule is CCCOC(=O)C(C)(C)N[P@@](=O)(CO[C@H](C)Cn1cnc2c(N)ncnc21)OCC[C@H](C)C(=O)OC(C)C. The van der Waals surface area contributed by atoms with Crippen molar-refractivity contribution in [1.82, 2.24) is 24.6 Å². The lowest BCUT2D eigenvalue weighted by atomic mass is 10.1. The predicted octanol–water partition coefficient (Wildman–Crippen LogP) is 3.28. The van der Waals surface area contributed by atoms with Gasteiger partial charge < -0.3 is 29.0 Å². The van der Waals surface area contributed by atoms with E-state index in [1.807, 2.05) is 6.92 Å². The van der Waals surface area contributed by atoms with Crippen LogP contribution in [-0.4, -0.2) is 68.8 Å². The van der Waals surface area contributed by atoms with Crippen molar-refractivity contribution in [3.8, 4) is 0 Å². The molecule has 0 bridgehead atoms. The number of fused-ring (bicyclic) bond motifs is 1. The summed E-state index contributed by atoms with van der Waals surface area (Å²) in [6, 6.07) is 0. The van der Waals surface area contributed by atoms with Crippen molar-refractivity contribution >= 4 is 36.4 Å². The average Bonchev–Trinajstić information content (AvgIpc) is 3.24. The third-order valence-electron chi connectivity index (χ3n) is 5.41. The smallest absolute Gasteiger partial charge is 0.326 e. The van der Waals surface area contributed by atoms with Crippen molar-refractivity contribution in [3.05, 3.63) is 12.7 Å². The number of imidazole rings is 1. The summed E-state index contributed by atoms with van der Waals surface area (Å²) in [5.41, 5.74) is 5.57. The number of aromatic nitrogens is 4. The molecule has 13 nitrogen and oxygen atoms in total. The average molecular weight is 557 g/mol. The molecule has 0 saturated heterocycles. The van der Waals surface area contributed by atoms with Gasteiger partial charge in [0, 0.05) is 0 Å². The first-order valence-corrected chi connectivity index (χ1v) is 14.5. The van der Waals surface area contributed by atoms with Crippen molar-refractivity contribution in [2.45, 2.75) is 85.6 Å². The number of ether oxygens (including phenoxy) is 3. The second-order valence-electron chi connectivity index (χ2n) is 9.99. The molecule has 0 radical (unpaired) electrons. The highest BCUT2D eigenvalue weighted by atomic mass is 31.2. The van der Waals surface area contributed by atoms with Gasteiger partial charge in [0.2, 0.25) is 0 Å². The molecule has 3 N–H and O–H groups in total. The number of nitrogen functional groups attached to an aromatic ring is 1. The minimum Gasteiger partial charge on any atom is -0.464 e. The van der Waals surface area contributed by atoms with Crippen molar-refractivity contribution in [2.75, 3.05) is 25.3 Å². The summed E-state index contributed by atoms with van der Waals surface area (Å²) >= 11 is 0. The summed E-state index contributed by atoms with van der Waals surface area (Å²) in [5, 5.41) is 2.83. The summed E-state index contributed by atoms with van der Waals surface area (Å²) in [7, 11) is -3.74. The van der Waals surface area contributed by atoms with Crippen LogP contribution in [0, 0.1) is 5.92 Å². The minimum absolute atomic E-state index is 0.0151. The Morgan fingerprint density at radius 1 is 1.16 bits per heavy atom. The number of hydrogen-bond acceptors (Lipinski definition) is 11. The fraction of sp³-hybridized carbons (Fsp3) is 0.708.